The average Bonchev–Trinajstić information content (AvgIpc) is 3.85. The first-order chi connectivity index (χ1) is 25.7. The number of aryl methyl sites for hydroxylation is 1. The highest BCUT2D eigenvalue weighted by Gasteiger charge is 2.43. The standard InChI is InChI=1S/C38H45F3N6O6S/c1-23-13-25(17-42-16-23)32-18-43-36(53-32)37(2,3)47-11-10-46(29(20-47)35(51)44-22-38(39,40)41)19-26(48)14-24(15-27-7-6-12-54-27)34(50)45-33-28-8-4-5-9-31(28)52-21-30(33)49/h4-9,12-13,16-18,24,26,29-30,33,48-49H,10-11,14-15,19-22H2,1-3H3,(H,44,51)(H,45,50)/t24-,26-,29-,30+,33-/m0/s1. The molecule has 0 spiro atoms. The molecular weight excluding hydrogens is 726 g/mol. The van der Waals surface area contributed by atoms with Crippen molar-refractivity contribution in [2.75, 3.05) is 39.3 Å². The monoisotopic (exact) mass is 770 g/mol. The summed E-state index contributed by atoms with van der Waals surface area (Å²) in [5.41, 5.74) is 1.47. The number of carbonyl (C=O) groups excluding carboxylic acids is 2. The van der Waals surface area contributed by atoms with E-state index in [2.05, 4.69) is 15.3 Å². The number of carbonyl (C=O) groups is 2. The maximum atomic E-state index is 13.9. The van der Waals surface area contributed by atoms with Crippen molar-refractivity contribution in [2.24, 2.45) is 5.92 Å². The highest BCUT2D eigenvalue weighted by atomic mass is 32.1. The molecule has 5 atom stereocenters. The summed E-state index contributed by atoms with van der Waals surface area (Å²) in [4.78, 5) is 40.6. The van der Waals surface area contributed by atoms with E-state index in [1.165, 1.54) is 11.3 Å². The zero-order valence-corrected chi connectivity index (χ0v) is 31.1. The number of nitrogens with zero attached hydrogens (tertiary/aromatic N) is 4. The van der Waals surface area contributed by atoms with Crippen LogP contribution in [0.4, 0.5) is 13.2 Å². The van der Waals surface area contributed by atoms with E-state index in [-0.39, 0.29) is 38.6 Å². The molecule has 0 unspecified atom stereocenters. The number of β-amino-alcohol motifs (C(OH)–C–C–N with tert-alkyl or cyclic N) is 1. The van der Waals surface area contributed by atoms with Crippen LogP contribution < -0.4 is 15.4 Å². The van der Waals surface area contributed by atoms with Crippen molar-refractivity contribution < 1.29 is 42.1 Å². The predicted octanol–water partition coefficient (Wildman–Crippen LogP) is 4.23. The van der Waals surface area contributed by atoms with Gasteiger partial charge in [0.1, 0.15) is 31.0 Å². The number of benzene rings is 1. The average molecular weight is 771 g/mol. The van der Waals surface area contributed by atoms with Crippen LogP contribution in [-0.2, 0) is 21.5 Å². The molecule has 4 N–H and O–H groups in total. The molecule has 1 aromatic carbocycles. The Hall–Kier alpha value is -4.35. The number of thiophene rings is 1. The Morgan fingerprint density at radius 2 is 1.91 bits per heavy atom. The molecule has 0 saturated carbocycles. The number of nitrogens with one attached hydrogen (secondary N) is 2. The van der Waals surface area contributed by atoms with Gasteiger partial charge in [0.25, 0.3) is 0 Å². The lowest BCUT2D eigenvalue weighted by molar-refractivity contribution is -0.144. The molecular formula is C38H45F3N6O6S. The third kappa shape index (κ3) is 9.47. The fraction of sp³-hybridized carbons (Fsp3) is 0.474. The van der Waals surface area contributed by atoms with Crippen LogP contribution in [-0.4, -0.2) is 106 Å². The minimum atomic E-state index is -4.62. The van der Waals surface area contributed by atoms with Gasteiger partial charge >= 0.3 is 6.18 Å². The number of rotatable bonds is 13. The Balaban J connectivity index is 1.18. The van der Waals surface area contributed by atoms with Crippen molar-refractivity contribution in [1.29, 1.82) is 0 Å². The van der Waals surface area contributed by atoms with Crippen molar-refractivity contribution in [2.45, 2.75) is 69.6 Å². The molecule has 290 valence electrons. The van der Waals surface area contributed by atoms with E-state index in [0.29, 0.717) is 35.9 Å². The lowest BCUT2D eigenvalue weighted by atomic mass is 9.92. The summed E-state index contributed by atoms with van der Waals surface area (Å²) in [7, 11) is 0. The molecule has 2 amide bonds. The van der Waals surface area contributed by atoms with Gasteiger partial charge in [0.05, 0.1) is 23.9 Å². The third-order valence-corrected chi connectivity index (χ3v) is 10.9. The number of amides is 2. The topological polar surface area (TPSA) is 153 Å². The van der Waals surface area contributed by atoms with E-state index in [0.717, 1.165) is 16.0 Å². The minimum absolute atomic E-state index is 0.000201. The van der Waals surface area contributed by atoms with E-state index >= 15 is 0 Å². The van der Waals surface area contributed by atoms with Crippen LogP contribution in [0.15, 0.2) is 70.9 Å². The number of hydrogen-bond acceptors (Lipinski definition) is 11. The number of pyridine rings is 1. The van der Waals surface area contributed by atoms with Crippen molar-refractivity contribution in [1.82, 2.24) is 30.4 Å². The first-order valence-corrected chi connectivity index (χ1v) is 18.7. The number of halogens is 3. The van der Waals surface area contributed by atoms with Crippen LogP contribution in [0, 0.1) is 12.8 Å². The van der Waals surface area contributed by atoms with Gasteiger partial charge in [-0.15, -0.1) is 11.3 Å². The molecule has 0 bridgehead atoms. The molecule has 1 saturated heterocycles. The maximum absolute atomic E-state index is 13.9. The van der Waals surface area contributed by atoms with Crippen LogP contribution in [0.2, 0.25) is 0 Å². The van der Waals surface area contributed by atoms with Crippen molar-refractivity contribution >= 4 is 23.2 Å². The van der Waals surface area contributed by atoms with E-state index < -0.39 is 54.4 Å². The molecule has 2 aliphatic heterocycles. The first kappa shape index (κ1) is 39.3. The van der Waals surface area contributed by atoms with Gasteiger partial charge in [0.2, 0.25) is 17.7 Å². The number of piperazine rings is 1. The highest BCUT2D eigenvalue weighted by Crippen LogP contribution is 2.34. The molecule has 6 rings (SSSR count). The number of hydrogen-bond donors (Lipinski definition) is 4. The summed E-state index contributed by atoms with van der Waals surface area (Å²) in [5, 5.41) is 29.2. The maximum Gasteiger partial charge on any atom is 0.405 e. The minimum Gasteiger partial charge on any atom is -0.490 e. The number of oxazole rings is 1. The number of aliphatic hydroxyl groups is 2. The molecule has 2 aliphatic rings. The predicted molar refractivity (Wildman–Crippen MR) is 194 cm³/mol. The van der Waals surface area contributed by atoms with E-state index in [4.69, 9.17) is 9.15 Å². The van der Waals surface area contributed by atoms with E-state index in [1.54, 1.807) is 47.8 Å². The van der Waals surface area contributed by atoms with Crippen LogP contribution in [0.1, 0.15) is 48.2 Å². The van der Waals surface area contributed by atoms with Gasteiger partial charge in [-0.05, 0) is 62.8 Å². The van der Waals surface area contributed by atoms with Crippen LogP contribution in [0.5, 0.6) is 5.75 Å². The Morgan fingerprint density at radius 1 is 1.11 bits per heavy atom. The van der Waals surface area contributed by atoms with Gasteiger partial charge in [-0.25, -0.2) is 4.98 Å². The Labute approximate surface area is 315 Å². The second kappa shape index (κ2) is 16.6. The largest absolute Gasteiger partial charge is 0.490 e. The van der Waals surface area contributed by atoms with Crippen molar-refractivity contribution in [3.63, 3.8) is 0 Å². The van der Waals surface area contributed by atoms with E-state index in [9.17, 15) is 33.0 Å². The Bertz CT molecular complexity index is 1890. The number of aromatic nitrogens is 2. The van der Waals surface area contributed by atoms with Gasteiger partial charge < -0.3 is 30.0 Å². The molecule has 1 fully saturated rings. The lowest BCUT2D eigenvalue weighted by Gasteiger charge is -2.46. The second-order valence-corrected chi connectivity index (χ2v) is 15.4. The fourth-order valence-electron chi connectivity index (χ4n) is 7.04. The van der Waals surface area contributed by atoms with Crippen LogP contribution in [0.25, 0.3) is 11.3 Å². The molecule has 5 heterocycles. The number of aliphatic hydroxyl groups excluding tert-OH is 2. The molecule has 12 nitrogen and oxygen atoms in total. The van der Waals surface area contributed by atoms with Gasteiger partial charge in [0.15, 0.2) is 5.76 Å². The SMILES string of the molecule is Cc1cncc(-c2cnc(C(C)(C)N3CCN(C[C@@H](O)C[C@@H](Cc4cccs4)C(=O)N[C@H]4c5ccccc5OC[C@H]4O)[C@H](C(=O)NCC(F)(F)F)C3)o2)c1. The Kier molecular flexibility index (Phi) is 12.1. The summed E-state index contributed by atoms with van der Waals surface area (Å²) in [6.45, 7) is 4.71. The zero-order valence-electron chi connectivity index (χ0n) is 30.3. The van der Waals surface area contributed by atoms with Crippen molar-refractivity contribution in [3.05, 3.63) is 88.3 Å². The third-order valence-electron chi connectivity index (χ3n) is 9.98. The zero-order chi connectivity index (χ0) is 38.6. The normalized spacial score (nSPS) is 20.8. The highest BCUT2D eigenvalue weighted by molar-refractivity contribution is 7.09. The molecule has 0 aliphatic carbocycles. The quantitative estimate of drug-likeness (QED) is 0.156. The number of ether oxygens (including phenoxy) is 1. The number of fused-ring (bicyclic) bond motifs is 1. The fourth-order valence-corrected chi connectivity index (χ4v) is 7.82. The number of para-hydroxylation sites is 1. The summed E-state index contributed by atoms with van der Waals surface area (Å²) in [6, 6.07) is 11.0. The lowest BCUT2D eigenvalue weighted by Crippen LogP contribution is -2.63. The Morgan fingerprint density at radius 3 is 2.65 bits per heavy atom. The smallest absolute Gasteiger partial charge is 0.405 e. The number of alkyl halides is 3. The van der Waals surface area contributed by atoms with Gasteiger partial charge in [-0.1, -0.05) is 24.3 Å². The summed E-state index contributed by atoms with van der Waals surface area (Å²) in [6.07, 6.45) is -1.43. The molecule has 4 aromatic rings. The summed E-state index contributed by atoms with van der Waals surface area (Å²) < 4.78 is 51.5. The molecule has 54 heavy (non-hydrogen) atoms. The van der Waals surface area contributed by atoms with E-state index in [1.807, 2.05) is 54.6 Å². The van der Waals surface area contributed by atoms with Gasteiger partial charge in [-0.3, -0.25) is 24.4 Å². The molecule has 3 aromatic heterocycles. The first-order valence-electron chi connectivity index (χ1n) is 17.8. The van der Waals surface area contributed by atoms with Crippen LogP contribution >= 0.6 is 11.3 Å². The van der Waals surface area contributed by atoms with Gasteiger partial charge in [0, 0.05) is 60.5 Å². The van der Waals surface area contributed by atoms with Crippen LogP contribution in [0.3, 0.4) is 0 Å². The molecule has 0 radical (unpaired) electrons. The molecule has 16 heteroatoms. The summed E-state index contributed by atoms with van der Waals surface area (Å²) >= 11 is 1.47. The van der Waals surface area contributed by atoms with Crippen molar-refractivity contribution in [3.8, 4) is 17.1 Å². The van der Waals surface area contributed by atoms with Gasteiger partial charge in [-0.2, -0.15) is 13.2 Å². The summed E-state index contributed by atoms with van der Waals surface area (Å²) in [5.74, 6) is -0.498. The second-order valence-electron chi connectivity index (χ2n) is 14.4.